The number of nitrogens with one attached hydrogen (secondary N) is 1. The standard InChI is InChI=1S/C23H25N3O6S/c1-2-3-13-32-20-6-8-21(9-7-20)33(30,31)16-19-14-17(22(27)25-29)10-12-26(19)23(28)18-5-4-11-24-15-18/h4-9,11,15,17,19,29H,10,12-14,16H2,1H3,(H,25,27). The van der Waals surface area contributed by atoms with Gasteiger partial charge in [-0.1, -0.05) is 5.92 Å². The van der Waals surface area contributed by atoms with Gasteiger partial charge < -0.3 is 9.64 Å². The lowest BCUT2D eigenvalue weighted by molar-refractivity contribution is -0.135. The SMILES string of the molecule is CC#CCOc1ccc(S(=O)(=O)CC2CC(C(=O)NO)CCN2C(=O)c2cccnc2)cc1. The van der Waals surface area contributed by atoms with Crippen molar-refractivity contribution >= 4 is 21.7 Å². The maximum atomic E-state index is 13.2. The number of benzene rings is 1. The number of hydrogen-bond donors (Lipinski definition) is 2. The summed E-state index contributed by atoms with van der Waals surface area (Å²) in [6.07, 6.45) is 3.37. The van der Waals surface area contributed by atoms with Gasteiger partial charge in [-0.25, -0.2) is 13.9 Å². The number of ether oxygens (including phenoxy) is 1. The van der Waals surface area contributed by atoms with E-state index in [1.54, 1.807) is 42.9 Å². The Morgan fingerprint density at radius 3 is 2.67 bits per heavy atom. The van der Waals surface area contributed by atoms with Crippen LogP contribution in [0.2, 0.25) is 0 Å². The highest BCUT2D eigenvalue weighted by Crippen LogP contribution is 2.28. The van der Waals surface area contributed by atoms with Crippen molar-refractivity contribution < 1.29 is 28.0 Å². The van der Waals surface area contributed by atoms with Gasteiger partial charge in [0.25, 0.3) is 5.91 Å². The fourth-order valence-electron chi connectivity index (χ4n) is 3.75. The van der Waals surface area contributed by atoms with Gasteiger partial charge in [0.05, 0.1) is 16.2 Å². The highest BCUT2D eigenvalue weighted by molar-refractivity contribution is 7.91. The van der Waals surface area contributed by atoms with Crippen LogP contribution in [0.3, 0.4) is 0 Å². The average Bonchev–Trinajstić information content (AvgIpc) is 2.84. The minimum Gasteiger partial charge on any atom is -0.481 e. The van der Waals surface area contributed by atoms with Gasteiger partial charge in [-0.05, 0) is 56.2 Å². The van der Waals surface area contributed by atoms with Crippen LogP contribution in [0.5, 0.6) is 5.75 Å². The normalized spacial score (nSPS) is 18.1. The van der Waals surface area contributed by atoms with Crippen molar-refractivity contribution in [1.29, 1.82) is 0 Å². The van der Waals surface area contributed by atoms with Gasteiger partial charge in [0.15, 0.2) is 9.84 Å². The molecular formula is C23H25N3O6S. The molecule has 0 saturated carbocycles. The first-order valence-corrected chi connectivity index (χ1v) is 12.0. The van der Waals surface area contributed by atoms with Crippen molar-refractivity contribution in [2.24, 2.45) is 5.92 Å². The minimum atomic E-state index is -3.79. The molecule has 1 saturated heterocycles. The van der Waals surface area contributed by atoms with Crippen molar-refractivity contribution in [3.63, 3.8) is 0 Å². The number of sulfone groups is 1. The Labute approximate surface area is 192 Å². The minimum absolute atomic E-state index is 0.0823. The van der Waals surface area contributed by atoms with E-state index >= 15 is 0 Å². The van der Waals surface area contributed by atoms with Crippen LogP contribution in [0.1, 0.15) is 30.1 Å². The van der Waals surface area contributed by atoms with Crippen molar-refractivity contribution in [2.75, 3.05) is 18.9 Å². The molecule has 0 radical (unpaired) electrons. The molecule has 0 spiro atoms. The summed E-state index contributed by atoms with van der Waals surface area (Å²) in [7, 11) is -3.79. The van der Waals surface area contributed by atoms with E-state index in [1.807, 2.05) is 0 Å². The first kappa shape index (κ1) is 24.2. The second-order valence-corrected chi connectivity index (χ2v) is 9.59. The quantitative estimate of drug-likeness (QED) is 0.357. The third-order valence-electron chi connectivity index (χ3n) is 5.45. The zero-order valence-corrected chi connectivity index (χ0v) is 18.9. The highest BCUT2D eigenvalue weighted by Gasteiger charge is 2.38. The second-order valence-electron chi connectivity index (χ2n) is 7.56. The number of hydroxylamine groups is 1. The van der Waals surface area contributed by atoms with Crippen LogP contribution in [0.4, 0.5) is 0 Å². The number of rotatable bonds is 7. The lowest BCUT2D eigenvalue weighted by Crippen LogP contribution is -2.51. The summed E-state index contributed by atoms with van der Waals surface area (Å²) in [5.74, 6) is 4.03. The molecular weight excluding hydrogens is 446 g/mol. The molecule has 2 N–H and O–H groups in total. The van der Waals surface area contributed by atoms with Crippen molar-refractivity contribution in [1.82, 2.24) is 15.4 Å². The van der Waals surface area contributed by atoms with E-state index in [1.165, 1.54) is 23.2 Å². The lowest BCUT2D eigenvalue weighted by Gasteiger charge is -2.38. The summed E-state index contributed by atoms with van der Waals surface area (Å²) in [6.45, 7) is 2.07. The molecule has 174 valence electrons. The van der Waals surface area contributed by atoms with E-state index in [9.17, 15) is 18.0 Å². The predicted molar refractivity (Wildman–Crippen MR) is 119 cm³/mol. The zero-order chi connectivity index (χ0) is 23.8. The Balaban J connectivity index is 1.82. The van der Waals surface area contributed by atoms with Crippen molar-refractivity contribution in [2.45, 2.75) is 30.7 Å². The maximum Gasteiger partial charge on any atom is 0.255 e. The number of piperidine rings is 1. The maximum absolute atomic E-state index is 13.2. The number of carbonyl (C=O) groups is 2. The topological polar surface area (TPSA) is 126 Å². The Bertz CT molecular complexity index is 1140. The van der Waals surface area contributed by atoms with E-state index in [0.717, 1.165) is 0 Å². The lowest BCUT2D eigenvalue weighted by atomic mass is 9.90. The molecule has 1 aromatic heterocycles. The van der Waals surface area contributed by atoms with E-state index in [2.05, 4.69) is 16.8 Å². The summed E-state index contributed by atoms with van der Waals surface area (Å²) in [4.78, 5) is 30.6. The summed E-state index contributed by atoms with van der Waals surface area (Å²) >= 11 is 0. The molecule has 1 fully saturated rings. The van der Waals surface area contributed by atoms with Gasteiger partial charge >= 0.3 is 0 Å². The first-order chi connectivity index (χ1) is 15.9. The van der Waals surface area contributed by atoms with Crippen molar-refractivity contribution in [3.8, 4) is 17.6 Å². The van der Waals surface area contributed by atoms with E-state index in [4.69, 9.17) is 9.94 Å². The summed E-state index contributed by atoms with van der Waals surface area (Å²) in [5, 5.41) is 9.01. The smallest absolute Gasteiger partial charge is 0.255 e. The summed E-state index contributed by atoms with van der Waals surface area (Å²) < 4.78 is 31.7. The van der Waals surface area contributed by atoms with Gasteiger partial charge in [-0.3, -0.25) is 19.8 Å². The predicted octanol–water partition coefficient (Wildman–Crippen LogP) is 1.68. The van der Waals surface area contributed by atoms with E-state index in [0.29, 0.717) is 17.7 Å². The van der Waals surface area contributed by atoms with Gasteiger partial charge in [0.2, 0.25) is 5.91 Å². The highest BCUT2D eigenvalue weighted by atomic mass is 32.2. The number of likely N-dealkylation sites (tertiary alicyclic amines) is 1. The summed E-state index contributed by atoms with van der Waals surface area (Å²) in [6, 6.07) is 8.46. The fraction of sp³-hybridized carbons (Fsp3) is 0.348. The Kier molecular flexibility index (Phi) is 8.03. The fourth-order valence-corrected chi connectivity index (χ4v) is 5.31. The monoisotopic (exact) mass is 471 g/mol. The molecule has 2 amide bonds. The van der Waals surface area contributed by atoms with Crippen LogP contribution in [0.15, 0.2) is 53.7 Å². The Morgan fingerprint density at radius 1 is 1.27 bits per heavy atom. The van der Waals surface area contributed by atoms with Crippen LogP contribution in [-0.2, 0) is 14.6 Å². The molecule has 33 heavy (non-hydrogen) atoms. The molecule has 1 aromatic carbocycles. The molecule has 1 aliphatic rings. The third-order valence-corrected chi connectivity index (χ3v) is 7.26. The third kappa shape index (κ3) is 6.09. The zero-order valence-electron chi connectivity index (χ0n) is 18.1. The molecule has 0 aliphatic carbocycles. The molecule has 10 heteroatoms. The van der Waals surface area contributed by atoms with Gasteiger partial charge in [-0.15, -0.1) is 5.92 Å². The van der Waals surface area contributed by atoms with Gasteiger partial charge in [0, 0.05) is 30.9 Å². The van der Waals surface area contributed by atoms with E-state index < -0.39 is 27.7 Å². The average molecular weight is 472 g/mol. The number of amides is 2. The van der Waals surface area contributed by atoms with E-state index in [-0.39, 0.29) is 36.1 Å². The van der Waals surface area contributed by atoms with Crippen LogP contribution >= 0.6 is 0 Å². The molecule has 2 heterocycles. The number of carbonyl (C=O) groups excluding carboxylic acids is 2. The molecule has 3 rings (SSSR count). The Morgan fingerprint density at radius 2 is 2.03 bits per heavy atom. The molecule has 2 unspecified atom stereocenters. The first-order valence-electron chi connectivity index (χ1n) is 10.4. The summed E-state index contributed by atoms with van der Waals surface area (Å²) in [5.41, 5.74) is 1.96. The Hall–Kier alpha value is -3.42. The van der Waals surface area contributed by atoms with Crippen LogP contribution < -0.4 is 10.2 Å². The second kappa shape index (κ2) is 10.9. The number of pyridine rings is 1. The van der Waals surface area contributed by atoms with Gasteiger partial charge in [0.1, 0.15) is 12.4 Å². The molecule has 9 nitrogen and oxygen atoms in total. The number of nitrogens with zero attached hydrogens (tertiary/aromatic N) is 2. The largest absolute Gasteiger partial charge is 0.481 e. The van der Waals surface area contributed by atoms with Gasteiger partial charge in [-0.2, -0.15) is 0 Å². The van der Waals surface area contributed by atoms with Crippen molar-refractivity contribution in [3.05, 3.63) is 54.4 Å². The molecule has 2 aromatic rings. The molecule has 1 aliphatic heterocycles. The molecule has 2 atom stereocenters. The van der Waals surface area contributed by atoms with Crippen LogP contribution in [-0.4, -0.2) is 60.3 Å². The number of hydrogen-bond acceptors (Lipinski definition) is 7. The van der Waals surface area contributed by atoms with Crippen LogP contribution in [0, 0.1) is 17.8 Å². The molecule has 0 bridgehead atoms. The number of aromatic nitrogens is 1. The van der Waals surface area contributed by atoms with Crippen LogP contribution in [0.25, 0.3) is 0 Å².